The van der Waals surface area contributed by atoms with Gasteiger partial charge in [0, 0.05) is 19.1 Å². The summed E-state index contributed by atoms with van der Waals surface area (Å²) in [4.78, 5) is 0.0627. The van der Waals surface area contributed by atoms with E-state index in [9.17, 15) is 30.4 Å². The highest BCUT2D eigenvalue weighted by Crippen LogP contribution is 2.48. The van der Waals surface area contributed by atoms with Crippen LogP contribution >= 0.6 is 0 Å². The Morgan fingerprint density at radius 3 is 1.59 bits per heavy atom. The van der Waals surface area contributed by atoms with Gasteiger partial charge in [-0.3, -0.25) is 0 Å². The lowest BCUT2D eigenvalue weighted by Crippen LogP contribution is -2.10. The Balaban J connectivity index is 2.04. The molecule has 2 aromatic carbocycles. The molecule has 8 heteroatoms. The third kappa shape index (κ3) is 4.21. The summed E-state index contributed by atoms with van der Waals surface area (Å²) in [7, 11) is -3.42. The Morgan fingerprint density at radius 1 is 0.815 bits per heavy atom. The Hall–Kier alpha value is -2.22. The summed E-state index contributed by atoms with van der Waals surface area (Å²) in [5.41, 5.74) is 0.438. The monoisotopic (exact) mass is 402 g/mol. The first-order valence-electron chi connectivity index (χ1n) is 7.95. The number of hydrogen-bond acceptors (Lipinski definition) is 2. The number of sulfone groups is 1. The number of rotatable bonds is 3. The average molecular weight is 402 g/mol. The molecule has 0 saturated carbocycles. The zero-order valence-electron chi connectivity index (χ0n) is 14.1. The van der Waals surface area contributed by atoms with Crippen LogP contribution in [0.5, 0.6) is 0 Å². The van der Waals surface area contributed by atoms with E-state index in [0.717, 1.165) is 18.4 Å². The first-order valence-corrected chi connectivity index (χ1v) is 9.84. The van der Waals surface area contributed by atoms with Crippen molar-refractivity contribution in [1.29, 1.82) is 0 Å². The van der Waals surface area contributed by atoms with E-state index >= 15 is 0 Å². The molecule has 0 aliphatic heterocycles. The standard InChI is InChI=1S/C19H15F5O2S/c1-27(25,26)15-8-4-13(5-9-15)17-11-18(20,21)10-16(17)12-2-6-14(7-3-12)19(22,23)24/h2-9H,10-11H2,1H3. The number of hydrogen-bond donors (Lipinski definition) is 0. The van der Waals surface area contributed by atoms with Crippen LogP contribution in [-0.4, -0.2) is 20.6 Å². The fourth-order valence-corrected chi connectivity index (χ4v) is 3.74. The summed E-state index contributed by atoms with van der Waals surface area (Å²) in [6.07, 6.45) is -4.60. The molecule has 27 heavy (non-hydrogen) atoms. The second-order valence-electron chi connectivity index (χ2n) is 6.54. The first kappa shape index (κ1) is 19.5. The van der Waals surface area contributed by atoms with E-state index in [-0.39, 0.29) is 10.5 Å². The molecule has 2 aromatic rings. The summed E-state index contributed by atoms with van der Waals surface area (Å²) >= 11 is 0. The molecule has 0 aromatic heterocycles. The molecule has 0 bridgehead atoms. The van der Waals surface area contributed by atoms with Gasteiger partial charge in [0.1, 0.15) is 0 Å². The van der Waals surface area contributed by atoms with Gasteiger partial charge < -0.3 is 0 Å². The van der Waals surface area contributed by atoms with Gasteiger partial charge in [-0.25, -0.2) is 17.2 Å². The van der Waals surface area contributed by atoms with Gasteiger partial charge in [-0.15, -0.1) is 0 Å². The highest BCUT2D eigenvalue weighted by molar-refractivity contribution is 7.90. The number of allylic oxidation sites excluding steroid dienone is 2. The molecule has 0 radical (unpaired) electrons. The van der Waals surface area contributed by atoms with Crippen LogP contribution in [0, 0.1) is 0 Å². The fourth-order valence-electron chi connectivity index (χ4n) is 3.11. The lowest BCUT2D eigenvalue weighted by molar-refractivity contribution is -0.137. The van der Waals surface area contributed by atoms with Crippen molar-refractivity contribution in [2.45, 2.75) is 29.8 Å². The van der Waals surface area contributed by atoms with E-state index in [0.29, 0.717) is 16.7 Å². The minimum absolute atomic E-state index is 0.0627. The van der Waals surface area contributed by atoms with Crippen LogP contribution < -0.4 is 0 Å². The van der Waals surface area contributed by atoms with Gasteiger partial charge >= 0.3 is 6.18 Å². The smallest absolute Gasteiger partial charge is 0.224 e. The van der Waals surface area contributed by atoms with E-state index in [1.807, 2.05) is 0 Å². The molecule has 0 heterocycles. The zero-order valence-corrected chi connectivity index (χ0v) is 15.0. The van der Waals surface area contributed by atoms with Crippen LogP contribution in [0.15, 0.2) is 53.4 Å². The van der Waals surface area contributed by atoms with Crippen molar-refractivity contribution in [2.75, 3.05) is 6.26 Å². The minimum atomic E-state index is -4.50. The molecule has 0 atom stereocenters. The molecule has 1 aliphatic carbocycles. The van der Waals surface area contributed by atoms with Gasteiger partial charge in [-0.2, -0.15) is 13.2 Å². The van der Waals surface area contributed by atoms with Crippen LogP contribution in [0.1, 0.15) is 29.5 Å². The molecule has 1 aliphatic rings. The molecule has 0 N–H and O–H groups in total. The number of benzene rings is 2. The number of halogens is 5. The van der Waals surface area contributed by atoms with Crippen molar-refractivity contribution in [3.63, 3.8) is 0 Å². The van der Waals surface area contributed by atoms with Gasteiger partial charge in [-0.05, 0) is 46.5 Å². The third-order valence-electron chi connectivity index (χ3n) is 4.43. The highest BCUT2D eigenvalue weighted by atomic mass is 32.2. The molecule has 3 rings (SSSR count). The Morgan fingerprint density at radius 2 is 1.22 bits per heavy atom. The maximum atomic E-state index is 14.0. The summed E-state index contributed by atoms with van der Waals surface area (Å²) in [6.45, 7) is 0. The van der Waals surface area contributed by atoms with Crippen LogP contribution in [0.25, 0.3) is 11.1 Å². The van der Waals surface area contributed by atoms with E-state index in [1.165, 1.54) is 36.4 Å². The zero-order chi connectivity index (χ0) is 20.0. The largest absolute Gasteiger partial charge is 0.416 e. The quantitative estimate of drug-likeness (QED) is 0.640. The molecular weight excluding hydrogens is 387 g/mol. The molecule has 0 spiro atoms. The second kappa shape index (κ2) is 6.44. The fraction of sp³-hybridized carbons (Fsp3) is 0.263. The van der Waals surface area contributed by atoms with Gasteiger partial charge in [0.15, 0.2) is 9.84 Å². The van der Waals surface area contributed by atoms with Crippen LogP contribution in [0.2, 0.25) is 0 Å². The SMILES string of the molecule is CS(=O)(=O)c1ccc(C2=C(c3ccc(C(F)(F)F)cc3)CC(F)(F)C2)cc1. The van der Waals surface area contributed by atoms with Crippen molar-refractivity contribution < 1.29 is 30.4 Å². The van der Waals surface area contributed by atoms with E-state index in [2.05, 4.69) is 0 Å². The molecule has 144 valence electrons. The van der Waals surface area contributed by atoms with Crippen molar-refractivity contribution in [3.05, 3.63) is 65.2 Å². The average Bonchev–Trinajstić information content (AvgIpc) is 2.89. The van der Waals surface area contributed by atoms with Crippen molar-refractivity contribution in [3.8, 4) is 0 Å². The Kier molecular flexibility index (Phi) is 4.66. The molecule has 0 saturated heterocycles. The van der Waals surface area contributed by atoms with E-state index in [4.69, 9.17) is 0 Å². The number of alkyl halides is 5. The summed E-state index contributed by atoms with van der Waals surface area (Å²) in [6, 6.07) is 9.65. The Bertz CT molecular complexity index is 986. The molecule has 0 unspecified atom stereocenters. The van der Waals surface area contributed by atoms with Gasteiger partial charge in [0.05, 0.1) is 10.5 Å². The second-order valence-corrected chi connectivity index (χ2v) is 8.55. The van der Waals surface area contributed by atoms with Crippen molar-refractivity contribution in [1.82, 2.24) is 0 Å². The summed E-state index contributed by atoms with van der Waals surface area (Å²) in [5, 5.41) is 0. The van der Waals surface area contributed by atoms with Gasteiger partial charge in [0.2, 0.25) is 0 Å². The first-order chi connectivity index (χ1) is 12.4. The topological polar surface area (TPSA) is 34.1 Å². The van der Waals surface area contributed by atoms with E-state index in [1.54, 1.807) is 0 Å². The Labute approximate surface area is 153 Å². The molecule has 0 fully saturated rings. The predicted octanol–water partition coefficient (Wildman–Crippen LogP) is 5.45. The maximum absolute atomic E-state index is 14.0. The van der Waals surface area contributed by atoms with Crippen molar-refractivity contribution in [2.24, 2.45) is 0 Å². The summed E-state index contributed by atoms with van der Waals surface area (Å²) < 4.78 is 89.3. The predicted molar refractivity (Wildman–Crippen MR) is 92.0 cm³/mol. The lowest BCUT2D eigenvalue weighted by Gasteiger charge is -2.11. The van der Waals surface area contributed by atoms with Crippen molar-refractivity contribution >= 4 is 21.0 Å². The van der Waals surface area contributed by atoms with Crippen LogP contribution in [0.4, 0.5) is 22.0 Å². The molecule has 0 amide bonds. The maximum Gasteiger partial charge on any atom is 0.416 e. The molecular formula is C19H15F5O2S. The molecule has 2 nitrogen and oxygen atoms in total. The third-order valence-corrected chi connectivity index (χ3v) is 5.56. The van der Waals surface area contributed by atoms with E-state index < -0.39 is 40.3 Å². The normalized spacial score (nSPS) is 17.4. The van der Waals surface area contributed by atoms with Crippen LogP contribution in [-0.2, 0) is 16.0 Å². The minimum Gasteiger partial charge on any atom is -0.224 e. The van der Waals surface area contributed by atoms with Gasteiger partial charge in [0.25, 0.3) is 5.92 Å². The van der Waals surface area contributed by atoms with Gasteiger partial charge in [-0.1, -0.05) is 24.3 Å². The lowest BCUT2D eigenvalue weighted by atomic mass is 9.96. The highest BCUT2D eigenvalue weighted by Gasteiger charge is 2.40. The summed E-state index contributed by atoms with van der Waals surface area (Å²) in [5.74, 6) is -3.01. The van der Waals surface area contributed by atoms with Crippen LogP contribution in [0.3, 0.4) is 0 Å².